The average molecular weight is 279 g/mol. The third-order valence-electron chi connectivity index (χ3n) is 3.96. The van der Waals surface area contributed by atoms with Crippen molar-refractivity contribution in [3.8, 4) is 0 Å². The number of carboxylic acids is 1. The first kappa shape index (κ1) is 15.1. The zero-order valence-electron chi connectivity index (χ0n) is 12.5. The summed E-state index contributed by atoms with van der Waals surface area (Å²) >= 11 is 0. The number of carboxylic acid groups (broad SMARTS) is 1. The molecule has 1 heterocycles. The quantitative estimate of drug-likeness (QED) is 0.887. The second kappa shape index (κ2) is 6.91. The van der Waals surface area contributed by atoms with Gasteiger partial charge in [-0.3, -0.25) is 0 Å². The van der Waals surface area contributed by atoms with Crippen LogP contribution < -0.4 is 0 Å². The van der Waals surface area contributed by atoms with Crippen LogP contribution in [0.1, 0.15) is 86.9 Å². The van der Waals surface area contributed by atoms with Crippen molar-refractivity contribution >= 4 is 5.97 Å². The molecule has 1 N–H and O–H groups in total. The Kier molecular flexibility index (Phi) is 5.21. The van der Waals surface area contributed by atoms with Gasteiger partial charge in [0.1, 0.15) is 0 Å². The van der Waals surface area contributed by atoms with E-state index in [4.69, 9.17) is 4.42 Å². The molecule has 1 fully saturated rings. The van der Waals surface area contributed by atoms with Crippen molar-refractivity contribution in [2.24, 2.45) is 5.92 Å². The van der Waals surface area contributed by atoms with E-state index in [2.05, 4.69) is 18.8 Å². The van der Waals surface area contributed by atoms with Crippen molar-refractivity contribution in [1.29, 1.82) is 0 Å². The summed E-state index contributed by atoms with van der Waals surface area (Å²) in [7, 11) is 0. The van der Waals surface area contributed by atoms with Crippen LogP contribution in [0.3, 0.4) is 0 Å². The molecule has 20 heavy (non-hydrogen) atoms. The molecule has 0 radical (unpaired) electrons. The highest BCUT2D eigenvalue weighted by molar-refractivity contribution is 5.85. The smallest absolute Gasteiger partial charge is 0.373 e. The van der Waals surface area contributed by atoms with Crippen molar-refractivity contribution in [2.75, 3.05) is 0 Å². The van der Waals surface area contributed by atoms with Gasteiger partial charge in [-0.05, 0) is 25.2 Å². The normalized spacial score (nSPS) is 17.9. The highest BCUT2D eigenvalue weighted by Crippen LogP contribution is 2.32. The molecule has 2 rings (SSSR count). The van der Waals surface area contributed by atoms with Gasteiger partial charge in [-0.15, -0.1) is 0 Å². The number of nitrogens with zero attached hydrogens (tertiary/aromatic N) is 1. The molecule has 1 aliphatic carbocycles. The molecule has 0 aromatic carbocycles. The number of carbonyl (C=O) groups is 1. The van der Waals surface area contributed by atoms with Crippen LogP contribution in [0.2, 0.25) is 0 Å². The molecule has 0 unspecified atom stereocenters. The van der Waals surface area contributed by atoms with Crippen LogP contribution in [0.25, 0.3) is 0 Å². The lowest BCUT2D eigenvalue weighted by molar-refractivity contribution is 0.0657. The maximum absolute atomic E-state index is 11.3. The Hall–Kier alpha value is -1.32. The van der Waals surface area contributed by atoms with E-state index in [9.17, 15) is 9.90 Å². The van der Waals surface area contributed by atoms with Crippen molar-refractivity contribution in [3.05, 3.63) is 17.3 Å². The topological polar surface area (TPSA) is 63.3 Å². The fourth-order valence-corrected chi connectivity index (χ4v) is 2.94. The molecule has 1 aromatic rings. The van der Waals surface area contributed by atoms with Crippen molar-refractivity contribution in [2.45, 2.75) is 71.1 Å². The fourth-order valence-electron chi connectivity index (χ4n) is 2.94. The Balaban J connectivity index is 2.19. The third-order valence-corrected chi connectivity index (χ3v) is 3.96. The van der Waals surface area contributed by atoms with E-state index in [0.29, 0.717) is 29.8 Å². The van der Waals surface area contributed by atoms with Crippen molar-refractivity contribution in [3.63, 3.8) is 0 Å². The summed E-state index contributed by atoms with van der Waals surface area (Å²) < 4.78 is 5.60. The summed E-state index contributed by atoms with van der Waals surface area (Å²) in [4.78, 5) is 15.8. The standard InChI is InChI=1S/C16H25NO3/c1-11(2)10-13-14(16(18)19)20-15(17-13)12-8-6-4-3-5-7-9-12/h11-12H,3-10H2,1-2H3,(H,18,19). The summed E-state index contributed by atoms with van der Waals surface area (Å²) in [5, 5.41) is 9.26. The van der Waals surface area contributed by atoms with Gasteiger partial charge >= 0.3 is 5.97 Å². The fraction of sp³-hybridized carbons (Fsp3) is 0.750. The van der Waals surface area contributed by atoms with Crippen LogP contribution >= 0.6 is 0 Å². The van der Waals surface area contributed by atoms with E-state index in [0.717, 1.165) is 12.8 Å². The second-order valence-corrected chi connectivity index (χ2v) is 6.27. The van der Waals surface area contributed by atoms with E-state index in [1.165, 1.54) is 32.1 Å². The molecule has 1 aliphatic rings. The first-order valence-corrected chi connectivity index (χ1v) is 7.80. The number of oxazole rings is 1. The van der Waals surface area contributed by atoms with Crippen LogP contribution in [0.4, 0.5) is 0 Å². The van der Waals surface area contributed by atoms with E-state index >= 15 is 0 Å². The molecular formula is C16H25NO3. The number of rotatable bonds is 4. The molecule has 0 bridgehead atoms. The maximum atomic E-state index is 11.3. The summed E-state index contributed by atoms with van der Waals surface area (Å²) in [5.74, 6) is 0.388. The molecule has 0 spiro atoms. The second-order valence-electron chi connectivity index (χ2n) is 6.27. The summed E-state index contributed by atoms with van der Waals surface area (Å²) in [5.41, 5.74) is 0.615. The molecule has 4 heteroatoms. The van der Waals surface area contributed by atoms with Crippen molar-refractivity contribution < 1.29 is 14.3 Å². The van der Waals surface area contributed by atoms with Gasteiger partial charge in [-0.2, -0.15) is 0 Å². The lowest BCUT2D eigenvalue weighted by Crippen LogP contribution is -2.04. The molecular weight excluding hydrogens is 254 g/mol. The molecule has 1 aromatic heterocycles. The third kappa shape index (κ3) is 3.84. The van der Waals surface area contributed by atoms with Gasteiger partial charge in [-0.1, -0.05) is 46.0 Å². The van der Waals surface area contributed by atoms with Gasteiger partial charge in [0.25, 0.3) is 0 Å². The SMILES string of the molecule is CC(C)Cc1nc(C2CCCCCCC2)oc1C(=O)O. The van der Waals surface area contributed by atoms with Crippen LogP contribution in [0.15, 0.2) is 4.42 Å². The van der Waals surface area contributed by atoms with Gasteiger partial charge in [0.2, 0.25) is 5.76 Å². The van der Waals surface area contributed by atoms with Crippen LogP contribution in [0.5, 0.6) is 0 Å². The minimum Gasteiger partial charge on any atom is -0.475 e. The first-order valence-electron chi connectivity index (χ1n) is 7.80. The molecule has 1 saturated carbocycles. The average Bonchev–Trinajstić information content (AvgIpc) is 2.71. The molecule has 0 amide bonds. The van der Waals surface area contributed by atoms with Crippen LogP contribution in [0, 0.1) is 5.92 Å². The number of aromatic nitrogens is 1. The Labute approximate surface area is 120 Å². The van der Waals surface area contributed by atoms with E-state index in [-0.39, 0.29) is 5.76 Å². The summed E-state index contributed by atoms with van der Waals surface area (Å²) in [6.45, 7) is 4.13. The van der Waals surface area contributed by atoms with E-state index < -0.39 is 5.97 Å². The Morgan fingerprint density at radius 3 is 2.40 bits per heavy atom. The van der Waals surface area contributed by atoms with Gasteiger partial charge in [-0.25, -0.2) is 9.78 Å². The number of aromatic carboxylic acids is 1. The van der Waals surface area contributed by atoms with E-state index in [1.807, 2.05) is 0 Å². The minimum atomic E-state index is -0.995. The van der Waals surface area contributed by atoms with Gasteiger partial charge in [0.15, 0.2) is 5.89 Å². The zero-order chi connectivity index (χ0) is 14.5. The molecule has 0 saturated heterocycles. The minimum absolute atomic E-state index is 0.0516. The molecule has 112 valence electrons. The number of hydrogen-bond donors (Lipinski definition) is 1. The molecule has 0 atom stereocenters. The lowest BCUT2D eigenvalue weighted by Gasteiger charge is -2.16. The highest BCUT2D eigenvalue weighted by Gasteiger charge is 2.25. The summed E-state index contributed by atoms with van der Waals surface area (Å²) in [6, 6.07) is 0. The first-order chi connectivity index (χ1) is 9.58. The van der Waals surface area contributed by atoms with Gasteiger partial charge < -0.3 is 9.52 Å². The van der Waals surface area contributed by atoms with E-state index in [1.54, 1.807) is 0 Å². The molecule has 0 aliphatic heterocycles. The van der Waals surface area contributed by atoms with Crippen LogP contribution in [-0.2, 0) is 6.42 Å². The lowest BCUT2D eigenvalue weighted by atomic mass is 9.91. The predicted molar refractivity (Wildman–Crippen MR) is 77.1 cm³/mol. The highest BCUT2D eigenvalue weighted by atomic mass is 16.4. The largest absolute Gasteiger partial charge is 0.475 e. The molecule has 4 nitrogen and oxygen atoms in total. The van der Waals surface area contributed by atoms with Crippen LogP contribution in [-0.4, -0.2) is 16.1 Å². The number of hydrogen-bond acceptors (Lipinski definition) is 3. The Morgan fingerprint density at radius 2 is 1.85 bits per heavy atom. The summed E-state index contributed by atoms with van der Waals surface area (Å²) in [6.07, 6.45) is 9.03. The monoisotopic (exact) mass is 279 g/mol. The zero-order valence-corrected chi connectivity index (χ0v) is 12.5. The Bertz CT molecular complexity index is 443. The maximum Gasteiger partial charge on any atom is 0.373 e. The Morgan fingerprint density at radius 1 is 1.25 bits per heavy atom. The predicted octanol–water partition coefficient (Wildman–Crippen LogP) is 4.40. The van der Waals surface area contributed by atoms with Gasteiger partial charge in [0, 0.05) is 5.92 Å². The van der Waals surface area contributed by atoms with Gasteiger partial charge in [0.05, 0.1) is 5.69 Å². The van der Waals surface area contributed by atoms with Crippen molar-refractivity contribution in [1.82, 2.24) is 4.98 Å².